The van der Waals surface area contributed by atoms with Crippen LogP contribution in [-0.2, 0) is 0 Å². The molecule has 0 saturated heterocycles. The quantitative estimate of drug-likeness (QED) is 0.165. The van der Waals surface area contributed by atoms with E-state index >= 15 is 0 Å². The highest BCUT2D eigenvalue weighted by atomic mass is 16.3. The van der Waals surface area contributed by atoms with Crippen LogP contribution in [0.3, 0.4) is 0 Å². The molecule has 0 unspecified atom stereocenters. The Hall–Kier alpha value is -6.90. The molecule has 0 fully saturated rings. The van der Waals surface area contributed by atoms with Gasteiger partial charge in [0.1, 0.15) is 11.2 Å². The van der Waals surface area contributed by atoms with Gasteiger partial charge in [0.2, 0.25) is 0 Å². The van der Waals surface area contributed by atoms with E-state index in [4.69, 9.17) is 4.42 Å². The van der Waals surface area contributed by atoms with Gasteiger partial charge >= 0.3 is 0 Å². The summed E-state index contributed by atoms with van der Waals surface area (Å²) in [5.74, 6) is 0. The summed E-state index contributed by atoms with van der Waals surface area (Å²) >= 11 is 0. The molecule has 0 atom stereocenters. The van der Waals surface area contributed by atoms with E-state index in [2.05, 4.69) is 193 Å². The Morgan fingerprint density at radius 1 is 0.327 bits per heavy atom. The average Bonchev–Trinajstić information content (AvgIpc) is 3.61. The fourth-order valence-corrected chi connectivity index (χ4v) is 7.72. The molecular weight excluding hydrogens is 631 g/mol. The minimum Gasteiger partial charge on any atom is -0.455 e. The molecule has 0 amide bonds. The smallest absolute Gasteiger partial charge is 0.143 e. The first kappa shape index (κ1) is 30.0. The summed E-state index contributed by atoms with van der Waals surface area (Å²) < 4.78 is 6.49. The van der Waals surface area contributed by atoms with Crippen molar-refractivity contribution in [3.63, 3.8) is 0 Å². The lowest BCUT2D eigenvalue weighted by Crippen LogP contribution is -2.10. The third kappa shape index (κ3) is 5.12. The van der Waals surface area contributed by atoms with Crippen LogP contribution in [0.2, 0.25) is 0 Å². The molecule has 10 rings (SSSR count). The van der Waals surface area contributed by atoms with Crippen molar-refractivity contribution in [1.82, 2.24) is 0 Å². The number of furan rings is 1. The fourth-order valence-electron chi connectivity index (χ4n) is 7.72. The van der Waals surface area contributed by atoms with Crippen LogP contribution in [0.15, 0.2) is 205 Å². The monoisotopic (exact) mass is 663 g/mol. The minimum atomic E-state index is 0.903. The van der Waals surface area contributed by atoms with Crippen LogP contribution in [0.25, 0.3) is 76.9 Å². The number of benzene rings is 9. The normalized spacial score (nSPS) is 11.5. The van der Waals surface area contributed by atoms with Crippen molar-refractivity contribution < 1.29 is 4.42 Å². The lowest BCUT2D eigenvalue weighted by Gasteiger charge is -2.28. The molecule has 1 heterocycles. The second-order valence-corrected chi connectivity index (χ2v) is 13.3. The van der Waals surface area contributed by atoms with E-state index in [0.717, 1.165) is 50.1 Å². The van der Waals surface area contributed by atoms with E-state index in [9.17, 15) is 0 Å². The van der Waals surface area contributed by atoms with Crippen molar-refractivity contribution in [2.75, 3.05) is 4.90 Å². The lowest BCUT2D eigenvalue weighted by atomic mass is 9.97. The van der Waals surface area contributed by atoms with Crippen molar-refractivity contribution in [2.45, 2.75) is 0 Å². The summed E-state index contributed by atoms with van der Waals surface area (Å²) in [6, 6.07) is 71.7. The molecule has 9 aromatic carbocycles. The second kappa shape index (κ2) is 12.5. The first-order valence-electron chi connectivity index (χ1n) is 17.8. The Labute approximate surface area is 302 Å². The lowest BCUT2D eigenvalue weighted by molar-refractivity contribution is 0.670. The van der Waals surface area contributed by atoms with Gasteiger partial charge in [-0.3, -0.25) is 0 Å². The number of hydrogen-bond donors (Lipinski definition) is 0. The summed E-state index contributed by atoms with van der Waals surface area (Å²) in [7, 11) is 0. The van der Waals surface area contributed by atoms with E-state index < -0.39 is 0 Å². The highest BCUT2D eigenvalue weighted by Gasteiger charge is 2.19. The van der Waals surface area contributed by atoms with Gasteiger partial charge in [0.15, 0.2) is 0 Å². The van der Waals surface area contributed by atoms with Crippen molar-refractivity contribution in [2.24, 2.45) is 0 Å². The van der Waals surface area contributed by atoms with Crippen LogP contribution in [0, 0.1) is 0 Å². The highest BCUT2D eigenvalue weighted by molar-refractivity contribution is 6.15. The maximum absolute atomic E-state index is 6.49. The Morgan fingerprint density at radius 3 is 1.65 bits per heavy atom. The zero-order valence-electron chi connectivity index (χ0n) is 28.4. The van der Waals surface area contributed by atoms with Gasteiger partial charge in [-0.05, 0) is 80.4 Å². The third-order valence-corrected chi connectivity index (χ3v) is 10.3. The zero-order chi connectivity index (χ0) is 34.4. The summed E-state index contributed by atoms with van der Waals surface area (Å²) in [6.07, 6.45) is 0. The van der Waals surface area contributed by atoms with Crippen molar-refractivity contribution >= 4 is 60.5 Å². The average molecular weight is 664 g/mol. The van der Waals surface area contributed by atoms with E-state index in [-0.39, 0.29) is 0 Å². The minimum absolute atomic E-state index is 0.903. The highest BCUT2D eigenvalue weighted by Crippen LogP contribution is 2.44. The van der Waals surface area contributed by atoms with E-state index in [1.54, 1.807) is 0 Å². The van der Waals surface area contributed by atoms with Gasteiger partial charge < -0.3 is 9.32 Å². The molecule has 0 radical (unpaired) electrons. The molecule has 52 heavy (non-hydrogen) atoms. The molecular formula is C50H33NO. The molecule has 0 bridgehead atoms. The fraction of sp³-hybridized carbons (Fsp3) is 0. The number of anilines is 3. The van der Waals surface area contributed by atoms with E-state index in [1.807, 2.05) is 12.1 Å². The maximum Gasteiger partial charge on any atom is 0.143 e. The molecule has 244 valence electrons. The van der Waals surface area contributed by atoms with Crippen LogP contribution in [0.5, 0.6) is 0 Å². The van der Waals surface area contributed by atoms with Gasteiger partial charge in [0.05, 0.1) is 5.69 Å². The van der Waals surface area contributed by atoms with Crippen LogP contribution >= 0.6 is 0 Å². The van der Waals surface area contributed by atoms with Gasteiger partial charge in [0.25, 0.3) is 0 Å². The van der Waals surface area contributed by atoms with Crippen LogP contribution < -0.4 is 4.90 Å². The molecule has 0 N–H and O–H groups in total. The molecule has 1 aromatic heterocycles. The van der Waals surface area contributed by atoms with Crippen LogP contribution in [0.1, 0.15) is 0 Å². The van der Waals surface area contributed by atoms with E-state index in [0.29, 0.717) is 0 Å². The molecule has 2 heteroatoms. The summed E-state index contributed by atoms with van der Waals surface area (Å²) in [6.45, 7) is 0. The number of fused-ring (bicyclic) bond motifs is 6. The predicted octanol–water partition coefficient (Wildman–Crippen LogP) is 14.4. The predicted molar refractivity (Wildman–Crippen MR) is 220 cm³/mol. The topological polar surface area (TPSA) is 16.4 Å². The molecule has 0 aliphatic heterocycles. The van der Waals surface area contributed by atoms with Crippen LogP contribution in [-0.4, -0.2) is 0 Å². The Balaban J connectivity index is 1.13. The van der Waals surface area contributed by atoms with Gasteiger partial charge in [-0.15, -0.1) is 0 Å². The Bertz CT molecular complexity index is 2890. The van der Waals surface area contributed by atoms with Crippen molar-refractivity contribution in [3.8, 4) is 33.4 Å². The van der Waals surface area contributed by atoms with Gasteiger partial charge in [-0.1, -0.05) is 164 Å². The number of nitrogens with zero attached hydrogens (tertiary/aromatic N) is 1. The van der Waals surface area contributed by atoms with Crippen LogP contribution in [0.4, 0.5) is 17.1 Å². The molecule has 0 saturated carbocycles. The maximum atomic E-state index is 6.49. The summed E-state index contributed by atoms with van der Waals surface area (Å²) in [4.78, 5) is 2.40. The van der Waals surface area contributed by atoms with Crippen molar-refractivity contribution in [3.05, 3.63) is 200 Å². The molecule has 0 aliphatic carbocycles. The molecule has 10 aromatic rings. The second-order valence-electron chi connectivity index (χ2n) is 13.3. The first-order valence-corrected chi connectivity index (χ1v) is 17.8. The first-order chi connectivity index (χ1) is 25.8. The third-order valence-electron chi connectivity index (χ3n) is 10.3. The standard InChI is InChI=1S/C50H33NO/c1-2-12-34(13-3-1)35-24-26-36(27-25-35)37-28-30-40(31-29-37)51(48-33-39-14-4-5-17-42(39)44-18-6-7-19-45(44)48)41-16-10-15-38(32-41)43-21-11-22-47-46-20-8-9-23-49(46)52-50(43)47/h1-33H. The zero-order valence-corrected chi connectivity index (χ0v) is 28.4. The summed E-state index contributed by atoms with van der Waals surface area (Å²) in [5.41, 5.74) is 12.1. The van der Waals surface area contributed by atoms with Gasteiger partial charge in [-0.2, -0.15) is 0 Å². The SMILES string of the molecule is c1ccc(-c2ccc(-c3ccc(N(c4cccc(-c5cccc6c5oc5ccccc56)c4)c4cc5ccccc5c5ccccc45)cc3)cc2)cc1. The van der Waals surface area contributed by atoms with Gasteiger partial charge in [-0.25, -0.2) is 0 Å². The number of hydrogen-bond acceptors (Lipinski definition) is 2. The summed E-state index contributed by atoms with van der Waals surface area (Å²) in [5, 5.41) is 7.16. The van der Waals surface area contributed by atoms with Gasteiger partial charge in [0, 0.05) is 33.1 Å². The Morgan fingerprint density at radius 2 is 0.885 bits per heavy atom. The molecule has 2 nitrogen and oxygen atoms in total. The number of para-hydroxylation sites is 2. The van der Waals surface area contributed by atoms with E-state index in [1.165, 1.54) is 43.8 Å². The Kier molecular flexibility index (Phi) is 7.18. The largest absolute Gasteiger partial charge is 0.455 e. The van der Waals surface area contributed by atoms with Crippen molar-refractivity contribution in [1.29, 1.82) is 0 Å². The molecule has 0 aliphatic rings. The number of rotatable bonds is 6. The molecule has 0 spiro atoms.